The van der Waals surface area contributed by atoms with E-state index in [0.717, 1.165) is 42.5 Å². The molecule has 0 saturated carbocycles. The molecule has 10 rings (SSSR count). The Balaban J connectivity index is 1.23. The minimum Gasteiger partial charge on any atom is -0.226 e. The van der Waals surface area contributed by atoms with E-state index < -0.39 is 205 Å². The van der Waals surface area contributed by atoms with Crippen molar-refractivity contribution in [2.75, 3.05) is 0 Å². The average molecular weight is 1120 g/mol. The largest absolute Gasteiger partial charge is 0.226 e. The summed E-state index contributed by atoms with van der Waals surface area (Å²) in [5.74, 6) is -38.2. The van der Waals surface area contributed by atoms with Crippen LogP contribution in [-0.4, -0.2) is 15.0 Å². The van der Waals surface area contributed by atoms with Crippen LogP contribution in [0.2, 0.25) is 0 Å². The van der Waals surface area contributed by atoms with E-state index in [1.165, 1.54) is 18.2 Å². The van der Waals surface area contributed by atoms with Gasteiger partial charge in [0.05, 0.1) is 49.5 Å². The van der Waals surface area contributed by atoms with Gasteiger partial charge in [0.15, 0.2) is 105 Å². The van der Waals surface area contributed by atoms with Gasteiger partial charge < -0.3 is 0 Å². The van der Waals surface area contributed by atoms with Crippen molar-refractivity contribution in [1.29, 1.82) is 36.8 Å². The predicted molar refractivity (Wildman–Crippen MR) is 238 cm³/mol. The Hall–Kier alpha value is -12.2. The first-order chi connectivity index (χ1) is 39.2. The zero-order valence-electron chi connectivity index (χ0n) is 38.9. The van der Waals surface area contributed by atoms with Crippen LogP contribution in [0.25, 0.3) is 50.9 Å². The van der Waals surface area contributed by atoms with E-state index in [0.29, 0.717) is 0 Å². The molecular formula is C52H6F14N16. The summed E-state index contributed by atoms with van der Waals surface area (Å²) < 4.78 is 205. The van der Waals surface area contributed by atoms with Crippen LogP contribution in [0.3, 0.4) is 0 Å². The molecule has 0 saturated heterocycles. The minimum absolute atomic E-state index is 0.336. The Labute approximate surface area is 442 Å². The van der Waals surface area contributed by atoms with Crippen molar-refractivity contribution >= 4 is 16.7 Å². The van der Waals surface area contributed by atoms with Crippen molar-refractivity contribution in [1.82, 2.24) is 15.0 Å². The second-order valence-corrected chi connectivity index (χ2v) is 16.3. The van der Waals surface area contributed by atoms with E-state index in [1.54, 1.807) is 18.2 Å². The highest BCUT2D eigenvalue weighted by Crippen LogP contribution is 2.36. The Kier molecular flexibility index (Phi) is 12.8. The molecule has 0 unspecified atom stereocenters. The third-order valence-electron chi connectivity index (χ3n) is 12.0. The number of fused-ring (bicyclic) bond motifs is 3. The van der Waals surface area contributed by atoms with E-state index >= 15 is 26.3 Å². The van der Waals surface area contributed by atoms with Gasteiger partial charge in [-0.3, -0.25) is 0 Å². The van der Waals surface area contributed by atoms with Gasteiger partial charge in [0.1, 0.15) is 80.8 Å². The molecule has 6 aromatic carbocycles. The number of benzene rings is 6. The number of aromatic nitrogens is 3. The maximum atomic E-state index is 15.3. The zero-order chi connectivity index (χ0) is 59.1. The van der Waals surface area contributed by atoms with Crippen molar-refractivity contribution < 1.29 is 61.5 Å². The number of halogens is 14. The fourth-order valence-electron chi connectivity index (χ4n) is 8.31. The molecule has 30 heteroatoms. The molecule has 0 aliphatic carbocycles. The maximum Gasteiger partial charge on any atom is 0.200 e. The van der Waals surface area contributed by atoms with Gasteiger partial charge in [-0.25, -0.2) is 106 Å². The molecule has 7 aromatic rings. The Bertz CT molecular complexity index is 4840. The zero-order valence-corrected chi connectivity index (χ0v) is 38.9. The Morgan fingerprint density at radius 3 is 0.744 bits per heavy atom. The van der Waals surface area contributed by atoms with E-state index in [2.05, 4.69) is 44.9 Å². The minimum atomic E-state index is -2.56. The molecule has 82 heavy (non-hydrogen) atoms. The predicted octanol–water partition coefficient (Wildman–Crippen LogP) is 6.74. The number of nitrogens with zero attached hydrogens (tertiary/aromatic N) is 16. The molecule has 0 fully saturated rings. The first-order valence-corrected chi connectivity index (χ1v) is 21.7. The van der Waals surface area contributed by atoms with Gasteiger partial charge in [-0.05, 0) is 36.4 Å². The summed E-state index contributed by atoms with van der Waals surface area (Å²) >= 11 is 0. The number of hydrogen-bond acceptors (Lipinski definition) is 16. The quantitative estimate of drug-likeness (QED) is 0.0731. The van der Waals surface area contributed by atoms with Crippen LogP contribution in [0.15, 0.2) is 83.8 Å². The number of rotatable bonds is 6. The monoisotopic (exact) mass is 1120 g/mol. The standard InChI is InChI=1S/C52H6F14N16/c53-30-23(13-73)31(54)33(56)27(32(30)55)20(10-70)50-74-24-4-1-14(17(7-67)44(24)77-50)47-80-48(15-2-5-25-45(18(15)8-68)78-51(75-25)21(11-71)28-34(57)38(61)42(65)39(62)35(28)58)82-49(81-47)16-3-6-26-46(19(16)9-69)79-52(76-26)22(12-72)29-36(59)40(63)43(66)41(64)37(29)60/h1-6H/b50-20+,51-21+,52-22+. The van der Waals surface area contributed by atoms with Gasteiger partial charge >= 0.3 is 0 Å². The van der Waals surface area contributed by atoms with E-state index in [4.69, 9.17) is 5.26 Å². The fourth-order valence-corrected chi connectivity index (χ4v) is 8.31. The van der Waals surface area contributed by atoms with Gasteiger partial charge in [-0.2, -0.15) is 36.8 Å². The number of allylic oxidation sites excluding steroid dienone is 3. The summed E-state index contributed by atoms with van der Waals surface area (Å²) in [5.41, 5.74) is -13.6. The van der Waals surface area contributed by atoms with Crippen LogP contribution in [0.5, 0.6) is 0 Å². The molecule has 3 aliphatic rings. The lowest BCUT2D eigenvalue weighted by atomic mass is 10.0. The molecule has 3 aliphatic heterocycles. The summed E-state index contributed by atoms with van der Waals surface area (Å²) in [5, 5.41) is 68.3. The Morgan fingerprint density at radius 2 is 0.512 bits per heavy atom. The van der Waals surface area contributed by atoms with E-state index in [9.17, 15) is 66.7 Å². The third kappa shape index (κ3) is 7.81. The number of nitriles is 7. The maximum absolute atomic E-state index is 15.3. The lowest BCUT2D eigenvalue weighted by molar-refractivity contribution is 0.376. The van der Waals surface area contributed by atoms with Crippen molar-refractivity contribution in [3.63, 3.8) is 0 Å². The van der Waals surface area contributed by atoms with E-state index in [1.807, 2.05) is 0 Å². The van der Waals surface area contributed by atoms with Crippen LogP contribution in [-0.2, 0) is 0 Å². The highest BCUT2D eigenvalue weighted by atomic mass is 19.2. The van der Waals surface area contributed by atoms with Gasteiger partial charge in [0.2, 0.25) is 11.6 Å². The van der Waals surface area contributed by atoms with Gasteiger partial charge in [0, 0.05) is 16.7 Å². The molecular weight excluding hydrogens is 1110 g/mol. The molecule has 0 radical (unpaired) electrons. The van der Waals surface area contributed by atoms with Crippen molar-refractivity contribution in [2.45, 2.75) is 0 Å². The molecule has 392 valence electrons. The highest BCUT2D eigenvalue weighted by molar-refractivity contribution is 5.83. The van der Waals surface area contributed by atoms with Crippen LogP contribution >= 0.6 is 0 Å². The van der Waals surface area contributed by atoms with Crippen molar-refractivity contribution in [3.8, 4) is 76.6 Å². The summed E-state index contributed by atoms with van der Waals surface area (Å²) in [4.78, 5) is 37.1. The molecule has 4 heterocycles. The second-order valence-electron chi connectivity index (χ2n) is 16.3. The SMILES string of the molecule is N#C/C(=C1/N=c2ccc(-c3nc(-c4ccc5c(c4C#N)=N/C(=C(\C#N)c4c(F)c(F)c(F)c(F)c4F)N=5)nc(-c4ccc5c(c4C#N)=N/C(=C(\C#N)c4c(F)c(F)c(C#N)c(F)c4F)N=5)n3)c(C#N)c2=N1)c1c(F)c(F)c(F)c(F)c1F. The number of hydrogen-bond donors (Lipinski definition) is 0. The normalized spacial score (nSPS) is 14.2. The Morgan fingerprint density at radius 1 is 0.280 bits per heavy atom. The average Bonchev–Trinajstić information content (AvgIpc) is 4.38. The summed E-state index contributed by atoms with van der Waals surface area (Å²) in [6.45, 7) is 0. The second kappa shape index (κ2) is 19.7. The summed E-state index contributed by atoms with van der Waals surface area (Å²) in [6, 6.07) is 16.5. The van der Waals surface area contributed by atoms with Crippen LogP contribution in [0.4, 0.5) is 61.5 Å². The smallest absolute Gasteiger partial charge is 0.200 e. The van der Waals surface area contributed by atoms with Crippen LogP contribution in [0.1, 0.15) is 38.9 Å². The molecule has 1 aromatic heterocycles. The van der Waals surface area contributed by atoms with Crippen molar-refractivity contribution in [3.05, 3.63) is 206 Å². The van der Waals surface area contributed by atoms with Crippen molar-refractivity contribution in [2.24, 2.45) is 30.0 Å². The highest BCUT2D eigenvalue weighted by Gasteiger charge is 2.34. The first-order valence-electron chi connectivity index (χ1n) is 21.7. The molecule has 0 spiro atoms. The fraction of sp³-hybridized carbons (Fsp3) is 0. The lowest BCUT2D eigenvalue weighted by Gasteiger charge is -2.10. The first kappa shape index (κ1) is 53.2. The molecule has 16 nitrogen and oxygen atoms in total. The molecule has 0 atom stereocenters. The van der Waals surface area contributed by atoms with Crippen LogP contribution in [0, 0.1) is 161 Å². The van der Waals surface area contributed by atoms with Gasteiger partial charge in [0.25, 0.3) is 0 Å². The lowest BCUT2D eigenvalue weighted by Crippen LogP contribution is -2.27. The van der Waals surface area contributed by atoms with E-state index in [-0.39, 0.29) is 16.1 Å². The molecule has 0 N–H and O–H groups in total. The molecule has 0 amide bonds. The summed E-state index contributed by atoms with van der Waals surface area (Å²) in [7, 11) is 0. The third-order valence-corrected chi connectivity index (χ3v) is 12.0. The van der Waals surface area contributed by atoms with Crippen LogP contribution < -0.4 is 32.1 Å². The topological polar surface area (TPSA) is 279 Å². The van der Waals surface area contributed by atoms with Gasteiger partial charge in [-0.1, -0.05) is 0 Å². The van der Waals surface area contributed by atoms with Gasteiger partial charge in [-0.15, -0.1) is 0 Å². The molecule has 0 bridgehead atoms. The summed E-state index contributed by atoms with van der Waals surface area (Å²) in [6.07, 6.45) is 0.